The first-order valence-corrected chi connectivity index (χ1v) is 9.63. The van der Waals surface area contributed by atoms with Crippen molar-refractivity contribution in [2.75, 3.05) is 18.5 Å². The minimum Gasteiger partial charge on any atom is -0.490 e. The van der Waals surface area contributed by atoms with Crippen LogP contribution in [-0.4, -0.2) is 19.1 Å². The lowest BCUT2D eigenvalue weighted by molar-refractivity contribution is -0.121. The van der Waals surface area contributed by atoms with Crippen LogP contribution in [0.4, 0.5) is 10.1 Å². The lowest BCUT2D eigenvalue weighted by Crippen LogP contribution is -2.38. The van der Waals surface area contributed by atoms with Gasteiger partial charge in [0.1, 0.15) is 5.82 Å². The second kappa shape index (κ2) is 7.39. The highest BCUT2D eigenvalue weighted by molar-refractivity contribution is 6.34. The van der Waals surface area contributed by atoms with Crippen molar-refractivity contribution < 1.29 is 18.7 Å². The van der Waals surface area contributed by atoms with Gasteiger partial charge in [-0.1, -0.05) is 36.6 Å². The van der Waals surface area contributed by atoms with E-state index in [9.17, 15) is 9.18 Å². The highest BCUT2D eigenvalue weighted by Crippen LogP contribution is 2.44. The molecular formula is C21H21ClFNO3. The van der Waals surface area contributed by atoms with Crippen LogP contribution < -0.4 is 14.8 Å². The number of carbonyl (C=O) groups is 1. The van der Waals surface area contributed by atoms with Gasteiger partial charge in [-0.25, -0.2) is 4.39 Å². The van der Waals surface area contributed by atoms with Gasteiger partial charge in [0.25, 0.3) is 0 Å². The summed E-state index contributed by atoms with van der Waals surface area (Å²) in [4.78, 5) is 13.3. The number of anilines is 1. The first-order chi connectivity index (χ1) is 13.1. The molecule has 2 aliphatic rings. The highest BCUT2D eigenvalue weighted by atomic mass is 35.5. The molecule has 1 aliphatic heterocycles. The first-order valence-electron chi connectivity index (χ1n) is 9.25. The fourth-order valence-electron chi connectivity index (χ4n) is 3.93. The zero-order valence-corrected chi connectivity index (χ0v) is 15.7. The number of rotatable bonds is 3. The van der Waals surface area contributed by atoms with Gasteiger partial charge in [0.05, 0.1) is 29.3 Å². The predicted octanol–water partition coefficient (Wildman–Crippen LogP) is 5.09. The minimum atomic E-state index is -0.740. The molecule has 142 valence electrons. The summed E-state index contributed by atoms with van der Waals surface area (Å²) in [5, 5.41) is 3.34. The van der Waals surface area contributed by atoms with Crippen LogP contribution in [0.3, 0.4) is 0 Å². The zero-order valence-electron chi connectivity index (χ0n) is 14.9. The maximum Gasteiger partial charge on any atom is 0.235 e. The maximum atomic E-state index is 13.8. The molecule has 0 radical (unpaired) electrons. The Morgan fingerprint density at radius 2 is 1.74 bits per heavy atom. The van der Waals surface area contributed by atoms with Crippen molar-refractivity contribution >= 4 is 23.2 Å². The van der Waals surface area contributed by atoms with E-state index in [1.807, 2.05) is 6.07 Å². The van der Waals surface area contributed by atoms with E-state index in [0.29, 0.717) is 53.8 Å². The van der Waals surface area contributed by atoms with Crippen molar-refractivity contribution in [2.45, 2.75) is 37.5 Å². The average molecular weight is 390 g/mol. The number of nitrogens with one attached hydrogen (secondary N) is 1. The molecule has 1 aliphatic carbocycles. The standard InChI is InChI=1S/C21H21ClFNO3/c22-16-12-18-19(27-10-4-9-26-18)13-17(16)24-20(25)21(7-1-2-8-21)14-5-3-6-15(23)11-14/h3,5-6,11-13H,1-2,4,7-10H2,(H,24,25). The molecule has 0 unspecified atom stereocenters. The summed E-state index contributed by atoms with van der Waals surface area (Å²) in [6.07, 6.45) is 4.02. The monoisotopic (exact) mass is 389 g/mol. The number of halogens is 2. The number of ether oxygens (including phenoxy) is 2. The van der Waals surface area contributed by atoms with E-state index in [-0.39, 0.29) is 11.7 Å². The van der Waals surface area contributed by atoms with Gasteiger partial charge >= 0.3 is 0 Å². The van der Waals surface area contributed by atoms with Gasteiger partial charge in [-0.3, -0.25) is 4.79 Å². The molecule has 27 heavy (non-hydrogen) atoms. The third kappa shape index (κ3) is 3.48. The summed E-state index contributed by atoms with van der Waals surface area (Å²) < 4.78 is 25.1. The van der Waals surface area contributed by atoms with Crippen LogP contribution in [0.15, 0.2) is 36.4 Å². The third-order valence-electron chi connectivity index (χ3n) is 5.35. The zero-order chi connectivity index (χ0) is 18.9. The lowest BCUT2D eigenvalue weighted by atomic mass is 9.78. The molecule has 0 aromatic heterocycles. The van der Waals surface area contributed by atoms with Gasteiger partial charge in [-0.2, -0.15) is 0 Å². The topological polar surface area (TPSA) is 47.6 Å². The average Bonchev–Trinajstić information content (AvgIpc) is 3.05. The minimum absolute atomic E-state index is 0.165. The van der Waals surface area contributed by atoms with Gasteiger partial charge < -0.3 is 14.8 Å². The van der Waals surface area contributed by atoms with E-state index in [4.69, 9.17) is 21.1 Å². The van der Waals surface area contributed by atoms with Crippen molar-refractivity contribution in [1.82, 2.24) is 0 Å². The summed E-state index contributed by atoms with van der Waals surface area (Å²) in [6.45, 7) is 1.12. The smallest absolute Gasteiger partial charge is 0.235 e. The number of hydrogen-bond donors (Lipinski definition) is 1. The Morgan fingerprint density at radius 3 is 2.44 bits per heavy atom. The van der Waals surface area contributed by atoms with E-state index in [2.05, 4.69) is 5.32 Å². The molecule has 6 heteroatoms. The van der Waals surface area contributed by atoms with Crippen molar-refractivity contribution in [3.05, 3.63) is 52.8 Å². The van der Waals surface area contributed by atoms with Crippen molar-refractivity contribution in [3.8, 4) is 11.5 Å². The number of hydrogen-bond acceptors (Lipinski definition) is 3. The summed E-state index contributed by atoms with van der Waals surface area (Å²) in [5.41, 5.74) is 0.451. The molecule has 2 aromatic carbocycles. The van der Waals surface area contributed by atoms with Crippen LogP contribution in [-0.2, 0) is 10.2 Å². The summed E-state index contributed by atoms with van der Waals surface area (Å²) in [5.74, 6) is 0.650. The Labute approximate surface area is 162 Å². The molecule has 0 spiro atoms. The van der Waals surface area contributed by atoms with Crippen molar-refractivity contribution in [2.24, 2.45) is 0 Å². The molecule has 1 saturated carbocycles. The second-order valence-corrected chi connectivity index (χ2v) is 7.49. The van der Waals surface area contributed by atoms with E-state index in [0.717, 1.165) is 19.3 Å². The molecule has 1 amide bonds. The van der Waals surface area contributed by atoms with E-state index < -0.39 is 5.41 Å². The maximum absolute atomic E-state index is 13.8. The lowest BCUT2D eigenvalue weighted by Gasteiger charge is -2.28. The second-order valence-electron chi connectivity index (χ2n) is 7.08. The summed E-state index contributed by atoms with van der Waals surface area (Å²) >= 11 is 6.37. The van der Waals surface area contributed by atoms with E-state index >= 15 is 0 Å². The third-order valence-corrected chi connectivity index (χ3v) is 5.67. The Bertz CT molecular complexity index is 865. The Balaban J connectivity index is 1.65. The number of benzene rings is 2. The molecule has 4 nitrogen and oxygen atoms in total. The Kier molecular flexibility index (Phi) is 4.96. The molecule has 0 atom stereocenters. The van der Waals surface area contributed by atoms with Gasteiger partial charge in [-0.15, -0.1) is 0 Å². The number of fused-ring (bicyclic) bond motifs is 1. The quantitative estimate of drug-likeness (QED) is 0.795. The van der Waals surface area contributed by atoms with E-state index in [1.54, 1.807) is 18.2 Å². The predicted molar refractivity (Wildman–Crippen MR) is 102 cm³/mol. The number of carbonyl (C=O) groups excluding carboxylic acids is 1. The molecular weight excluding hydrogens is 369 g/mol. The normalized spacial score (nSPS) is 18.0. The largest absolute Gasteiger partial charge is 0.490 e. The summed E-state index contributed by atoms with van der Waals surface area (Å²) in [6, 6.07) is 9.70. The first kappa shape index (κ1) is 18.1. The fourth-order valence-corrected chi connectivity index (χ4v) is 4.13. The molecule has 1 N–H and O–H groups in total. The van der Waals surface area contributed by atoms with Crippen LogP contribution in [0.1, 0.15) is 37.7 Å². The molecule has 0 bridgehead atoms. The van der Waals surface area contributed by atoms with Crippen LogP contribution in [0.25, 0.3) is 0 Å². The fraction of sp³-hybridized carbons (Fsp3) is 0.381. The van der Waals surface area contributed by atoms with E-state index in [1.165, 1.54) is 12.1 Å². The van der Waals surface area contributed by atoms with Gasteiger partial charge in [-0.05, 0) is 30.5 Å². The Hall–Kier alpha value is -2.27. The van der Waals surface area contributed by atoms with Crippen LogP contribution in [0, 0.1) is 5.82 Å². The van der Waals surface area contributed by atoms with Crippen molar-refractivity contribution in [1.29, 1.82) is 0 Å². The molecule has 2 aromatic rings. The van der Waals surface area contributed by atoms with Gasteiger partial charge in [0.15, 0.2) is 11.5 Å². The van der Waals surface area contributed by atoms with Crippen LogP contribution in [0.5, 0.6) is 11.5 Å². The van der Waals surface area contributed by atoms with Crippen LogP contribution >= 0.6 is 11.6 Å². The highest BCUT2D eigenvalue weighted by Gasteiger charge is 2.43. The van der Waals surface area contributed by atoms with Gasteiger partial charge in [0, 0.05) is 18.6 Å². The Morgan fingerprint density at radius 1 is 1.04 bits per heavy atom. The molecule has 1 fully saturated rings. The number of amides is 1. The van der Waals surface area contributed by atoms with Crippen LogP contribution in [0.2, 0.25) is 5.02 Å². The molecule has 1 heterocycles. The molecule has 0 saturated heterocycles. The van der Waals surface area contributed by atoms with Crippen molar-refractivity contribution in [3.63, 3.8) is 0 Å². The SMILES string of the molecule is O=C(Nc1cc2c(cc1Cl)OCCCO2)C1(c2cccc(F)c2)CCCC1. The molecule has 4 rings (SSSR count). The van der Waals surface area contributed by atoms with Gasteiger partial charge in [0.2, 0.25) is 5.91 Å². The summed E-state index contributed by atoms with van der Waals surface area (Å²) in [7, 11) is 0.